The Labute approximate surface area is 272 Å². The molecule has 0 fully saturated rings. The zero-order chi connectivity index (χ0) is 35.3. The Balaban J connectivity index is 1.58. The minimum absolute atomic E-state index is 0.00278. The highest BCUT2D eigenvalue weighted by Gasteiger charge is 2.42. The summed E-state index contributed by atoms with van der Waals surface area (Å²) in [5.74, 6) is -3.61. The number of ether oxygens (including phenoxy) is 3. The van der Waals surface area contributed by atoms with Crippen LogP contribution in [0.25, 0.3) is 0 Å². The predicted octanol–water partition coefficient (Wildman–Crippen LogP) is 6.01. The minimum Gasteiger partial charge on any atom is -0.496 e. The number of alkyl halides is 6. The maximum atomic E-state index is 13.5. The molecule has 2 N–H and O–H groups in total. The fraction of sp³-hybridized carbons (Fsp3) is 0.500. The van der Waals surface area contributed by atoms with Gasteiger partial charge in [-0.1, -0.05) is 32.0 Å². The lowest BCUT2D eigenvalue weighted by Crippen LogP contribution is -2.32. The van der Waals surface area contributed by atoms with Gasteiger partial charge >= 0.3 is 24.3 Å². The number of pyridine rings is 1. The van der Waals surface area contributed by atoms with Crippen molar-refractivity contribution in [3.05, 3.63) is 64.5 Å². The number of halogens is 6. The van der Waals surface area contributed by atoms with Crippen LogP contribution in [-0.4, -0.2) is 71.0 Å². The molecule has 1 atom stereocenters. The summed E-state index contributed by atoms with van der Waals surface area (Å²) < 4.78 is 94.9. The number of aliphatic carboxylic acids is 1. The number of methoxy groups -OCH3 is 1. The zero-order valence-corrected chi connectivity index (χ0v) is 26.5. The fourth-order valence-electron chi connectivity index (χ4n) is 5.36. The topological polar surface area (TPSA) is 125 Å². The number of aromatic nitrogens is 3. The van der Waals surface area contributed by atoms with Crippen LogP contribution in [0.4, 0.5) is 32.2 Å². The number of esters is 1. The number of carboxylic acid groups (broad SMARTS) is 1. The predicted molar refractivity (Wildman–Crippen MR) is 160 cm³/mol. The largest absolute Gasteiger partial charge is 0.496 e. The van der Waals surface area contributed by atoms with E-state index in [0.717, 1.165) is 30.8 Å². The van der Waals surface area contributed by atoms with Crippen LogP contribution in [0.2, 0.25) is 0 Å². The van der Waals surface area contributed by atoms with E-state index in [4.69, 9.17) is 9.47 Å². The van der Waals surface area contributed by atoms with Crippen molar-refractivity contribution in [2.24, 2.45) is 0 Å². The first-order valence-corrected chi connectivity index (χ1v) is 15.1. The molecule has 0 bridgehead atoms. The number of nitrogens with zero attached hydrogens (tertiary/aromatic N) is 3. The highest BCUT2D eigenvalue weighted by molar-refractivity contribution is 5.75. The molecular weight excluding hydrogens is 650 g/mol. The van der Waals surface area contributed by atoms with E-state index in [1.807, 2.05) is 12.1 Å². The second kappa shape index (κ2) is 14.7. The van der Waals surface area contributed by atoms with Gasteiger partial charge in [-0.05, 0) is 48.1 Å². The molecule has 0 saturated carbocycles. The molecule has 4 rings (SSSR count). The highest BCUT2D eigenvalue weighted by atomic mass is 19.4. The van der Waals surface area contributed by atoms with Gasteiger partial charge in [0.2, 0.25) is 5.88 Å². The zero-order valence-electron chi connectivity index (χ0n) is 26.5. The molecule has 16 heteroatoms. The van der Waals surface area contributed by atoms with E-state index in [0.29, 0.717) is 27.9 Å². The number of hydrogen-bond donors (Lipinski definition) is 2. The minimum atomic E-state index is -5.18. The Hall–Kier alpha value is -4.50. The number of fused-ring (bicyclic) bond motifs is 1. The maximum absolute atomic E-state index is 13.5. The normalized spacial score (nSPS) is 14.1. The van der Waals surface area contributed by atoms with Gasteiger partial charge in [0.25, 0.3) is 0 Å². The summed E-state index contributed by atoms with van der Waals surface area (Å²) in [4.78, 5) is 27.8. The summed E-state index contributed by atoms with van der Waals surface area (Å²) in [6, 6.07) is 9.68. The number of aryl methyl sites for hydroxylation is 1. The summed E-state index contributed by atoms with van der Waals surface area (Å²) >= 11 is 0. The van der Waals surface area contributed by atoms with E-state index in [1.165, 1.54) is 39.2 Å². The van der Waals surface area contributed by atoms with Gasteiger partial charge in [-0.3, -0.25) is 4.79 Å². The van der Waals surface area contributed by atoms with Gasteiger partial charge in [-0.25, -0.2) is 14.5 Å². The number of nitrogens with one attached hydrogen (secondary N) is 1. The average molecular weight is 687 g/mol. The van der Waals surface area contributed by atoms with Crippen LogP contribution in [0.15, 0.2) is 36.4 Å². The van der Waals surface area contributed by atoms with E-state index in [2.05, 4.69) is 20.1 Å². The number of carboxylic acids is 1. The summed E-state index contributed by atoms with van der Waals surface area (Å²) in [5.41, 5.74) is 1.48. The maximum Gasteiger partial charge on any atom is 0.490 e. The van der Waals surface area contributed by atoms with Crippen molar-refractivity contribution in [2.45, 2.75) is 76.2 Å². The molecule has 3 aromatic rings. The molecule has 10 nitrogen and oxygen atoms in total. The first-order chi connectivity index (χ1) is 22.4. The van der Waals surface area contributed by atoms with Crippen molar-refractivity contribution in [3.8, 4) is 11.6 Å². The average Bonchev–Trinajstić information content (AvgIpc) is 3.37. The Bertz CT molecular complexity index is 1600. The molecule has 3 heterocycles. The van der Waals surface area contributed by atoms with Crippen LogP contribution >= 0.6 is 0 Å². The van der Waals surface area contributed by atoms with Gasteiger partial charge in [0.05, 0.1) is 25.8 Å². The molecule has 0 amide bonds. The number of anilines is 1. The van der Waals surface area contributed by atoms with Gasteiger partial charge in [0.1, 0.15) is 24.7 Å². The highest BCUT2D eigenvalue weighted by Crippen LogP contribution is 2.37. The van der Waals surface area contributed by atoms with Crippen molar-refractivity contribution >= 4 is 17.8 Å². The van der Waals surface area contributed by atoms with E-state index in [-0.39, 0.29) is 30.4 Å². The molecule has 0 radical (unpaired) electrons. The quantitative estimate of drug-likeness (QED) is 0.155. The number of rotatable bonds is 14. The van der Waals surface area contributed by atoms with Crippen molar-refractivity contribution in [3.63, 3.8) is 0 Å². The van der Waals surface area contributed by atoms with Gasteiger partial charge in [0.15, 0.2) is 0 Å². The van der Waals surface area contributed by atoms with Crippen molar-refractivity contribution in [1.82, 2.24) is 14.8 Å². The summed E-state index contributed by atoms with van der Waals surface area (Å²) in [6.07, 6.45) is -8.23. The second-order valence-corrected chi connectivity index (χ2v) is 12.1. The van der Waals surface area contributed by atoms with E-state index in [1.54, 1.807) is 6.07 Å². The Morgan fingerprint density at radius 2 is 1.81 bits per heavy atom. The van der Waals surface area contributed by atoms with Crippen LogP contribution in [0.5, 0.6) is 11.6 Å². The van der Waals surface area contributed by atoms with Gasteiger partial charge in [-0.2, -0.15) is 31.4 Å². The Kier molecular flexibility index (Phi) is 11.1. The monoisotopic (exact) mass is 686 g/mol. The molecule has 1 aliphatic heterocycles. The van der Waals surface area contributed by atoms with Crippen LogP contribution in [0.3, 0.4) is 0 Å². The number of hydrogen-bond acceptors (Lipinski definition) is 8. The molecule has 0 saturated heterocycles. The molecular formula is C32H36F6N4O6. The molecule has 2 aromatic heterocycles. The molecule has 48 heavy (non-hydrogen) atoms. The smallest absolute Gasteiger partial charge is 0.490 e. The Morgan fingerprint density at radius 3 is 2.48 bits per heavy atom. The molecule has 0 spiro atoms. The third-order valence-electron chi connectivity index (χ3n) is 7.81. The first-order valence-electron chi connectivity index (χ1n) is 15.1. The van der Waals surface area contributed by atoms with E-state index >= 15 is 0 Å². The third-order valence-corrected chi connectivity index (χ3v) is 7.81. The van der Waals surface area contributed by atoms with Crippen LogP contribution in [0.1, 0.15) is 60.7 Å². The standard InChI is InChI=1S/C32H36F6N4O6/c1-30(2,18-48-29(45)32(36,37)38)21-7-9-25(46-3)24(15-21)20(14-27(43)44)13-23-16-26(42(41-23)17-31(33,34)35)47-12-10-22-8-6-19-5-4-11-39-28(19)40-22/h6-9,15-16,20H,4-5,10-14,17-18H2,1-3H3,(H,39,40)(H,43,44). The summed E-state index contributed by atoms with van der Waals surface area (Å²) in [6.45, 7) is 1.78. The van der Waals surface area contributed by atoms with Crippen LogP contribution < -0.4 is 14.8 Å². The van der Waals surface area contributed by atoms with Crippen molar-refractivity contribution in [2.75, 3.05) is 32.2 Å². The summed E-state index contributed by atoms with van der Waals surface area (Å²) in [5, 5.41) is 17.1. The van der Waals surface area contributed by atoms with Gasteiger partial charge in [-0.15, -0.1) is 0 Å². The SMILES string of the molecule is COc1ccc(C(C)(C)COC(=O)C(F)(F)F)cc1C(CC(=O)O)Cc1cc(OCCc2ccc3c(n2)NCCC3)n(CC(F)(F)F)n1. The third kappa shape index (κ3) is 9.76. The number of benzene rings is 1. The summed E-state index contributed by atoms with van der Waals surface area (Å²) in [7, 11) is 1.34. The molecule has 262 valence electrons. The van der Waals surface area contributed by atoms with Crippen molar-refractivity contribution in [1.29, 1.82) is 0 Å². The van der Waals surface area contributed by atoms with Crippen LogP contribution in [-0.2, 0) is 45.5 Å². The van der Waals surface area contributed by atoms with Crippen molar-refractivity contribution < 1.29 is 55.2 Å². The number of carbonyl (C=O) groups excluding carboxylic acids is 1. The van der Waals surface area contributed by atoms with E-state index in [9.17, 15) is 41.0 Å². The lowest BCUT2D eigenvalue weighted by Gasteiger charge is -2.27. The lowest BCUT2D eigenvalue weighted by atomic mass is 9.81. The molecule has 0 aliphatic carbocycles. The number of carbonyl (C=O) groups is 2. The fourth-order valence-corrected chi connectivity index (χ4v) is 5.36. The molecule has 1 unspecified atom stereocenters. The van der Waals surface area contributed by atoms with Crippen LogP contribution in [0, 0.1) is 0 Å². The molecule has 1 aromatic carbocycles. The second-order valence-electron chi connectivity index (χ2n) is 12.1. The first kappa shape index (κ1) is 36.3. The van der Waals surface area contributed by atoms with E-state index < -0.39 is 55.2 Å². The van der Waals surface area contributed by atoms with Gasteiger partial charge < -0.3 is 24.6 Å². The molecule has 1 aliphatic rings. The Morgan fingerprint density at radius 1 is 1.06 bits per heavy atom. The lowest BCUT2D eigenvalue weighted by molar-refractivity contribution is -0.201. The van der Waals surface area contributed by atoms with Gasteiger partial charge in [0, 0.05) is 36.1 Å².